The van der Waals surface area contributed by atoms with E-state index in [1.165, 1.54) is 24.3 Å². The third-order valence-electron chi connectivity index (χ3n) is 2.54. The summed E-state index contributed by atoms with van der Waals surface area (Å²) in [5, 5.41) is 27.7. The summed E-state index contributed by atoms with van der Waals surface area (Å²) in [6, 6.07) is 2.95. The molecule has 0 radical (unpaired) electrons. The Bertz CT molecular complexity index is 502. The molecule has 0 spiro atoms. The molecule has 1 aromatic rings. The van der Waals surface area contributed by atoms with Crippen molar-refractivity contribution < 1.29 is 24.9 Å². The molecule has 0 heterocycles. The smallest absolute Gasteiger partial charge is 0.237 e. The van der Waals surface area contributed by atoms with Crippen molar-refractivity contribution in [2.24, 2.45) is 9.98 Å². The van der Waals surface area contributed by atoms with Crippen LogP contribution in [-0.2, 0) is 29.4 Å². The van der Waals surface area contributed by atoms with E-state index in [-0.39, 0.29) is 12.2 Å². The molecule has 100 valence electrons. The Balaban J connectivity index is 3.53. The number of aliphatic hydroxyl groups is 3. The van der Waals surface area contributed by atoms with Gasteiger partial charge in [-0.25, -0.2) is 9.59 Å². The van der Waals surface area contributed by atoms with Gasteiger partial charge in [0.15, 0.2) is 6.17 Å². The van der Waals surface area contributed by atoms with Gasteiger partial charge in [0.2, 0.25) is 12.2 Å². The lowest BCUT2D eigenvalue weighted by Gasteiger charge is -2.15. The normalized spacial score (nSPS) is 11.3. The highest BCUT2D eigenvalue weighted by Gasteiger charge is 2.18. The third kappa shape index (κ3) is 3.42. The van der Waals surface area contributed by atoms with Crippen LogP contribution in [0.3, 0.4) is 0 Å². The van der Waals surface area contributed by atoms with E-state index in [4.69, 9.17) is 5.11 Å². The molecule has 0 atom stereocenters. The number of hydrogen-bond donors (Lipinski definition) is 3. The Morgan fingerprint density at radius 2 is 1.42 bits per heavy atom. The Morgan fingerprint density at radius 1 is 0.947 bits per heavy atom. The summed E-state index contributed by atoms with van der Waals surface area (Å²) in [7, 11) is 0. The first-order valence-electron chi connectivity index (χ1n) is 5.32. The standard InChI is InChI=1S/C12H12N2O5/c15-3-8-1-9(4-16)11(10(2-8)5-17)12(13-6-18)14-7-19/h1-2,12,15-17H,3-5H2. The van der Waals surface area contributed by atoms with Crippen LogP contribution in [0.25, 0.3) is 0 Å². The minimum absolute atomic E-state index is 0.230. The molecule has 19 heavy (non-hydrogen) atoms. The summed E-state index contributed by atoms with van der Waals surface area (Å²) in [6.07, 6.45) is 1.33. The monoisotopic (exact) mass is 264 g/mol. The number of isocyanates is 2. The van der Waals surface area contributed by atoms with E-state index in [2.05, 4.69) is 9.98 Å². The van der Waals surface area contributed by atoms with Crippen LogP contribution in [0, 0.1) is 0 Å². The zero-order chi connectivity index (χ0) is 14.3. The average molecular weight is 264 g/mol. The van der Waals surface area contributed by atoms with E-state index in [1.807, 2.05) is 0 Å². The van der Waals surface area contributed by atoms with Gasteiger partial charge in [-0.1, -0.05) is 12.1 Å². The van der Waals surface area contributed by atoms with E-state index in [1.54, 1.807) is 0 Å². The van der Waals surface area contributed by atoms with Gasteiger partial charge in [0.1, 0.15) is 0 Å². The molecule has 1 rings (SSSR count). The minimum Gasteiger partial charge on any atom is -0.392 e. The van der Waals surface area contributed by atoms with Crippen LogP contribution in [0.2, 0.25) is 0 Å². The van der Waals surface area contributed by atoms with Crippen LogP contribution in [0.15, 0.2) is 22.1 Å². The number of carbonyl (C=O) groups excluding carboxylic acids is 2. The largest absolute Gasteiger partial charge is 0.392 e. The molecule has 0 aliphatic rings. The Kier molecular flexibility index (Phi) is 5.75. The second kappa shape index (κ2) is 7.33. The second-order valence-corrected chi connectivity index (χ2v) is 3.62. The number of hydrogen-bond acceptors (Lipinski definition) is 7. The number of benzene rings is 1. The fraction of sp³-hybridized carbons (Fsp3) is 0.333. The summed E-state index contributed by atoms with van der Waals surface area (Å²) < 4.78 is 0. The molecule has 0 aliphatic carbocycles. The molecular formula is C12H12N2O5. The summed E-state index contributed by atoms with van der Waals surface area (Å²) in [5.74, 6) is 0. The van der Waals surface area contributed by atoms with Crippen molar-refractivity contribution in [1.82, 2.24) is 0 Å². The molecule has 0 fully saturated rings. The molecule has 1 aromatic carbocycles. The van der Waals surface area contributed by atoms with Gasteiger partial charge in [-0.15, -0.1) is 0 Å². The minimum atomic E-state index is -1.22. The van der Waals surface area contributed by atoms with Crippen LogP contribution in [0.5, 0.6) is 0 Å². The summed E-state index contributed by atoms with van der Waals surface area (Å²) in [6.45, 7) is -1.12. The molecule has 7 nitrogen and oxygen atoms in total. The summed E-state index contributed by atoms with van der Waals surface area (Å²) in [4.78, 5) is 27.4. The Labute approximate surface area is 108 Å². The first-order chi connectivity index (χ1) is 9.21. The molecule has 7 heteroatoms. The zero-order valence-corrected chi connectivity index (χ0v) is 9.91. The molecular weight excluding hydrogens is 252 g/mol. The molecule has 3 N–H and O–H groups in total. The summed E-state index contributed by atoms with van der Waals surface area (Å²) in [5.41, 5.74) is 1.31. The maximum atomic E-state index is 10.3. The highest BCUT2D eigenvalue weighted by atomic mass is 16.3. The van der Waals surface area contributed by atoms with E-state index >= 15 is 0 Å². The lowest BCUT2D eigenvalue weighted by Crippen LogP contribution is -2.06. The van der Waals surface area contributed by atoms with E-state index in [0.29, 0.717) is 16.7 Å². The SMILES string of the molecule is O=C=NC(N=C=O)c1c(CO)cc(CO)cc1CO. The second-order valence-electron chi connectivity index (χ2n) is 3.62. The zero-order valence-electron chi connectivity index (χ0n) is 9.91. The first-order valence-corrected chi connectivity index (χ1v) is 5.32. The average Bonchev–Trinajstić information content (AvgIpc) is 2.45. The molecule has 0 saturated heterocycles. The van der Waals surface area contributed by atoms with Gasteiger partial charge in [0, 0.05) is 5.56 Å². The van der Waals surface area contributed by atoms with Gasteiger partial charge in [0.05, 0.1) is 19.8 Å². The number of rotatable bonds is 6. The maximum absolute atomic E-state index is 10.3. The van der Waals surface area contributed by atoms with Crippen LogP contribution in [0.4, 0.5) is 0 Å². The van der Waals surface area contributed by atoms with Crippen molar-refractivity contribution in [3.05, 3.63) is 34.4 Å². The lowest BCUT2D eigenvalue weighted by molar-refractivity contribution is 0.266. The highest BCUT2D eigenvalue weighted by molar-refractivity contribution is 5.45. The number of aliphatic hydroxyl groups excluding tert-OH is 3. The van der Waals surface area contributed by atoms with Crippen LogP contribution >= 0.6 is 0 Å². The Hall–Kier alpha value is -2.14. The number of aliphatic imine (C=N–C) groups is 2. The highest BCUT2D eigenvalue weighted by Crippen LogP contribution is 2.28. The molecule has 0 aliphatic heterocycles. The van der Waals surface area contributed by atoms with E-state index < -0.39 is 19.4 Å². The van der Waals surface area contributed by atoms with Crippen molar-refractivity contribution in [1.29, 1.82) is 0 Å². The topological polar surface area (TPSA) is 120 Å². The van der Waals surface area contributed by atoms with Crippen molar-refractivity contribution in [2.45, 2.75) is 26.0 Å². The van der Waals surface area contributed by atoms with Crippen molar-refractivity contribution in [3.8, 4) is 0 Å². The van der Waals surface area contributed by atoms with Gasteiger partial charge in [-0.3, -0.25) is 0 Å². The predicted octanol–water partition coefficient (Wildman–Crippen LogP) is -0.166. The fourth-order valence-electron chi connectivity index (χ4n) is 1.79. The number of nitrogens with zero attached hydrogens (tertiary/aromatic N) is 2. The molecule has 0 unspecified atom stereocenters. The predicted molar refractivity (Wildman–Crippen MR) is 63.2 cm³/mol. The molecule has 0 aromatic heterocycles. The summed E-state index contributed by atoms with van der Waals surface area (Å²) >= 11 is 0. The van der Waals surface area contributed by atoms with Gasteiger partial charge >= 0.3 is 0 Å². The molecule has 0 amide bonds. The van der Waals surface area contributed by atoms with E-state index in [0.717, 1.165) is 0 Å². The van der Waals surface area contributed by atoms with Gasteiger partial charge < -0.3 is 15.3 Å². The maximum Gasteiger partial charge on any atom is 0.237 e. The van der Waals surface area contributed by atoms with Crippen LogP contribution in [-0.4, -0.2) is 27.5 Å². The van der Waals surface area contributed by atoms with E-state index in [9.17, 15) is 19.8 Å². The van der Waals surface area contributed by atoms with Crippen molar-refractivity contribution in [2.75, 3.05) is 0 Å². The Morgan fingerprint density at radius 3 is 1.74 bits per heavy atom. The van der Waals surface area contributed by atoms with Crippen LogP contribution < -0.4 is 0 Å². The van der Waals surface area contributed by atoms with Crippen molar-refractivity contribution >= 4 is 12.2 Å². The lowest BCUT2D eigenvalue weighted by atomic mass is 9.96. The quantitative estimate of drug-likeness (QED) is 0.487. The fourth-order valence-corrected chi connectivity index (χ4v) is 1.79. The third-order valence-corrected chi connectivity index (χ3v) is 2.54. The first kappa shape index (κ1) is 14.9. The van der Waals surface area contributed by atoms with Gasteiger partial charge in [-0.2, -0.15) is 9.98 Å². The molecule has 0 saturated carbocycles. The van der Waals surface area contributed by atoms with Gasteiger partial charge in [0.25, 0.3) is 0 Å². The van der Waals surface area contributed by atoms with Gasteiger partial charge in [-0.05, 0) is 16.7 Å². The molecule has 0 bridgehead atoms. The van der Waals surface area contributed by atoms with Crippen molar-refractivity contribution in [3.63, 3.8) is 0 Å². The van der Waals surface area contributed by atoms with Crippen LogP contribution in [0.1, 0.15) is 28.4 Å².